The van der Waals surface area contributed by atoms with Gasteiger partial charge in [0.15, 0.2) is 12.1 Å². The number of hydrogen-bond donors (Lipinski definition) is 1. The van der Waals surface area contributed by atoms with E-state index in [9.17, 15) is 9.59 Å². The molecule has 1 aliphatic heterocycles. The Morgan fingerprint density at radius 1 is 1.14 bits per heavy atom. The average molecular weight is 492 g/mol. The third-order valence-corrected chi connectivity index (χ3v) is 6.22. The Hall–Kier alpha value is -3.56. The molecule has 2 aromatic heterocycles. The molecule has 1 N–H and O–H groups in total. The van der Waals surface area contributed by atoms with Gasteiger partial charge in [-0.3, -0.25) is 24.4 Å². The molecule has 0 bridgehead atoms. The summed E-state index contributed by atoms with van der Waals surface area (Å²) in [7, 11) is 0. The lowest BCUT2D eigenvalue weighted by Gasteiger charge is -2.32. The predicted molar refractivity (Wildman–Crippen MR) is 136 cm³/mol. The molecule has 4 rings (SSSR count). The van der Waals surface area contributed by atoms with Crippen molar-refractivity contribution >= 4 is 17.5 Å². The summed E-state index contributed by atoms with van der Waals surface area (Å²) in [6.07, 6.45) is 5.74. The van der Waals surface area contributed by atoms with E-state index in [1.165, 1.54) is 17.6 Å². The van der Waals surface area contributed by atoms with Gasteiger partial charge < -0.3 is 14.5 Å². The van der Waals surface area contributed by atoms with Crippen LogP contribution in [0.25, 0.3) is 0 Å². The number of oxazole rings is 1. The number of hydrogen-bond acceptors (Lipinski definition) is 7. The van der Waals surface area contributed by atoms with Gasteiger partial charge in [-0.2, -0.15) is 0 Å². The lowest BCUT2D eigenvalue weighted by Crippen LogP contribution is -2.47. The van der Waals surface area contributed by atoms with Gasteiger partial charge in [-0.15, -0.1) is 0 Å². The van der Waals surface area contributed by atoms with Gasteiger partial charge in [0.05, 0.1) is 13.2 Å². The van der Waals surface area contributed by atoms with E-state index in [4.69, 9.17) is 9.15 Å². The van der Waals surface area contributed by atoms with Crippen molar-refractivity contribution in [1.82, 2.24) is 20.2 Å². The summed E-state index contributed by atoms with van der Waals surface area (Å²) in [5.74, 6) is -0.738. The van der Waals surface area contributed by atoms with Gasteiger partial charge in [-0.25, -0.2) is 4.98 Å². The van der Waals surface area contributed by atoms with Crippen LogP contribution in [-0.2, 0) is 14.9 Å². The fraction of sp³-hybridized carbons (Fsp3) is 0.407. The van der Waals surface area contributed by atoms with Crippen LogP contribution in [0.2, 0.25) is 0 Å². The molecule has 1 aromatic carbocycles. The number of nitrogens with zero attached hydrogens (tertiary/aromatic N) is 4. The summed E-state index contributed by atoms with van der Waals surface area (Å²) in [5, 5.41) is 3.03. The third kappa shape index (κ3) is 6.16. The number of amides is 2. The molecule has 0 spiro atoms. The van der Waals surface area contributed by atoms with Crippen molar-refractivity contribution in [3.8, 4) is 0 Å². The van der Waals surface area contributed by atoms with E-state index < -0.39 is 11.9 Å². The highest BCUT2D eigenvalue weighted by Crippen LogP contribution is 2.31. The number of anilines is 1. The molecule has 1 saturated heterocycles. The zero-order valence-electron chi connectivity index (χ0n) is 21.0. The minimum absolute atomic E-state index is 0.0564. The van der Waals surface area contributed by atoms with E-state index in [-0.39, 0.29) is 17.0 Å². The van der Waals surface area contributed by atoms with Crippen LogP contribution < -0.4 is 10.2 Å². The highest BCUT2D eigenvalue weighted by molar-refractivity contribution is 6.09. The molecule has 36 heavy (non-hydrogen) atoms. The molecular weight excluding hydrogens is 458 g/mol. The Kier molecular flexibility index (Phi) is 8.12. The molecule has 9 nitrogen and oxygen atoms in total. The number of carbonyl (C=O) groups excluding carboxylic acids is 2. The quantitative estimate of drug-likeness (QED) is 0.516. The van der Waals surface area contributed by atoms with Crippen LogP contribution >= 0.6 is 0 Å². The number of carbonyl (C=O) groups is 2. The first-order valence-electron chi connectivity index (χ1n) is 12.1. The van der Waals surface area contributed by atoms with E-state index in [2.05, 4.69) is 41.0 Å². The van der Waals surface area contributed by atoms with E-state index in [1.54, 1.807) is 24.5 Å². The largest absolute Gasteiger partial charge is 0.451 e. The van der Waals surface area contributed by atoms with Gasteiger partial charge in [0.1, 0.15) is 12.3 Å². The topological polar surface area (TPSA) is 101 Å². The molecule has 0 aliphatic carbocycles. The molecule has 0 radical (unpaired) electrons. The van der Waals surface area contributed by atoms with Crippen molar-refractivity contribution in [2.45, 2.75) is 32.2 Å². The van der Waals surface area contributed by atoms with E-state index in [0.29, 0.717) is 37.6 Å². The van der Waals surface area contributed by atoms with Crippen LogP contribution in [0.4, 0.5) is 5.69 Å². The lowest BCUT2D eigenvalue weighted by molar-refractivity contribution is -0.122. The van der Waals surface area contributed by atoms with Crippen molar-refractivity contribution in [2.75, 3.05) is 44.3 Å². The summed E-state index contributed by atoms with van der Waals surface area (Å²) in [6.45, 7) is 10.6. The minimum Gasteiger partial charge on any atom is -0.451 e. The smallest absolute Gasteiger partial charge is 0.281 e. The second-order valence-electron chi connectivity index (χ2n) is 9.78. The van der Waals surface area contributed by atoms with Crippen LogP contribution in [0.3, 0.4) is 0 Å². The van der Waals surface area contributed by atoms with Crippen molar-refractivity contribution in [1.29, 1.82) is 0 Å². The summed E-state index contributed by atoms with van der Waals surface area (Å²) in [5.41, 5.74) is 2.35. The summed E-state index contributed by atoms with van der Waals surface area (Å²) in [4.78, 5) is 39.4. The highest BCUT2D eigenvalue weighted by Gasteiger charge is 2.34. The normalized spacial score (nSPS) is 15.3. The zero-order valence-corrected chi connectivity index (χ0v) is 21.0. The van der Waals surface area contributed by atoms with Crippen molar-refractivity contribution < 1.29 is 18.7 Å². The lowest BCUT2D eigenvalue weighted by atomic mass is 9.87. The number of pyridine rings is 1. The maximum Gasteiger partial charge on any atom is 0.281 e. The van der Waals surface area contributed by atoms with Crippen LogP contribution in [0.1, 0.15) is 48.4 Å². The standard InChI is InChI=1S/C27H33N5O4/c1-27(2,3)21-6-8-22(9-7-21)32(26(34)23-18-36-19-30-23)24(20-5-4-10-28-17-20)25(33)29-11-12-31-13-15-35-16-14-31/h4-10,17-19,24H,11-16H2,1-3H3,(H,29,33). The molecule has 1 unspecified atom stereocenters. The maximum atomic E-state index is 13.7. The molecule has 3 aromatic rings. The van der Waals surface area contributed by atoms with Gasteiger partial charge in [0, 0.05) is 49.8 Å². The Bertz CT molecular complexity index is 1120. The highest BCUT2D eigenvalue weighted by atomic mass is 16.5. The number of morpholine rings is 1. The average Bonchev–Trinajstić information content (AvgIpc) is 3.43. The van der Waals surface area contributed by atoms with Crippen molar-refractivity contribution in [3.05, 3.63) is 78.3 Å². The van der Waals surface area contributed by atoms with Crippen LogP contribution in [0.5, 0.6) is 0 Å². The molecule has 1 aliphatic rings. The molecule has 9 heteroatoms. The van der Waals surface area contributed by atoms with Crippen LogP contribution in [-0.4, -0.2) is 66.1 Å². The molecule has 3 heterocycles. The van der Waals surface area contributed by atoms with E-state index in [0.717, 1.165) is 18.7 Å². The number of nitrogens with one attached hydrogen (secondary N) is 1. The number of ether oxygens (including phenoxy) is 1. The Morgan fingerprint density at radius 3 is 2.50 bits per heavy atom. The van der Waals surface area contributed by atoms with E-state index in [1.807, 2.05) is 24.3 Å². The predicted octanol–water partition coefficient (Wildman–Crippen LogP) is 3.20. The molecule has 0 saturated carbocycles. The minimum atomic E-state index is -0.951. The molecule has 190 valence electrons. The molecule has 1 atom stereocenters. The van der Waals surface area contributed by atoms with Crippen molar-refractivity contribution in [3.63, 3.8) is 0 Å². The first-order valence-corrected chi connectivity index (χ1v) is 12.1. The Balaban J connectivity index is 1.67. The second kappa shape index (κ2) is 11.5. The van der Waals surface area contributed by atoms with Gasteiger partial charge >= 0.3 is 0 Å². The Labute approximate surface area is 211 Å². The Morgan fingerprint density at radius 2 is 1.89 bits per heavy atom. The number of rotatable bonds is 8. The monoisotopic (exact) mass is 491 g/mol. The SMILES string of the molecule is CC(C)(C)c1ccc(N(C(=O)c2cocn2)C(C(=O)NCCN2CCOCC2)c2cccnc2)cc1. The molecule has 2 amide bonds. The molecular formula is C27H33N5O4. The third-order valence-electron chi connectivity index (χ3n) is 6.22. The first kappa shape index (κ1) is 25.5. The van der Waals surface area contributed by atoms with Gasteiger partial charge in [-0.05, 0) is 29.2 Å². The molecule has 1 fully saturated rings. The van der Waals surface area contributed by atoms with Gasteiger partial charge in [-0.1, -0.05) is 39.0 Å². The zero-order chi connectivity index (χ0) is 25.5. The number of aromatic nitrogens is 2. The van der Waals surface area contributed by atoms with Crippen LogP contribution in [0.15, 0.2) is 65.9 Å². The summed E-state index contributed by atoms with van der Waals surface area (Å²) in [6, 6.07) is 10.3. The first-order chi connectivity index (χ1) is 17.3. The fourth-order valence-electron chi connectivity index (χ4n) is 4.16. The summed E-state index contributed by atoms with van der Waals surface area (Å²) < 4.78 is 10.5. The van der Waals surface area contributed by atoms with Gasteiger partial charge in [0.2, 0.25) is 5.91 Å². The number of benzene rings is 1. The fourth-order valence-corrected chi connectivity index (χ4v) is 4.16. The van der Waals surface area contributed by atoms with Crippen LogP contribution in [0, 0.1) is 0 Å². The summed E-state index contributed by atoms with van der Waals surface area (Å²) >= 11 is 0. The van der Waals surface area contributed by atoms with E-state index >= 15 is 0 Å². The van der Waals surface area contributed by atoms with Crippen molar-refractivity contribution in [2.24, 2.45) is 0 Å². The maximum absolute atomic E-state index is 13.7. The van der Waals surface area contributed by atoms with Gasteiger partial charge in [0.25, 0.3) is 5.91 Å². The second-order valence-corrected chi connectivity index (χ2v) is 9.78.